The standard InChI is InChI=1S/C34H52F3N5O10/c1-31(2,3)50-28(47)38-17-19-42(25(43)14-13-24(27(46)40-21-26(44)45)41-30(49)51-32(4,5)6)20-18-39-29(48)52-33(7,8)16-15-22-9-11-23(12-10-22)34(35,36)37/h9-12,24H,13-21H2,1-8H3,(H,38,47)(H,39,48)(H,40,46)(H,41,49)(H,44,45). The molecule has 0 aromatic heterocycles. The Kier molecular flexibility index (Phi) is 17.2. The second kappa shape index (κ2) is 19.7. The molecule has 0 saturated carbocycles. The summed E-state index contributed by atoms with van der Waals surface area (Å²) in [5.41, 5.74) is -2.82. The van der Waals surface area contributed by atoms with Gasteiger partial charge in [0.2, 0.25) is 11.8 Å². The van der Waals surface area contributed by atoms with E-state index in [1.807, 2.05) is 0 Å². The Hall–Kier alpha value is -4.77. The fourth-order valence-corrected chi connectivity index (χ4v) is 4.34. The molecule has 5 amide bonds. The summed E-state index contributed by atoms with van der Waals surface area (Å²) in [7, 11) is 0. The van der Waals surface area contributed by atoms with Crippen LogP contribution in [-0.4, -0.2) is 102 Å². The van der Waals surface area contributed by atoms with Crippen molar-refractivity contribution in [3.8, 4) is 0 Å². The van der Waals surface area contributed by atoms with Crippen LogP contribution < -0.4 is 21.3 Å². The number of rotatable bonds is 17. The molecule has 15 nitrogen and oxygen atoms in total. The second-order valence-electron chi connectivity index (χ2n) is 14.4. The number of ether oxygens (including phenoxy) is 3. The van der Waals surface area contributed by atoms with Crippen molar-refractivity contribution < 1.29 is 61.3 Å². The summed E-state index contributed by atoms with van der Waals surface area (Å²) in [6, 6.07) is 3.36. The Balaban J connectivity index is 2.90. The second-order valence-corrected chi connectivity index (χ2v) is 14.4. The molecule has 0 radical (unpaired) electrons. The van der Waals surface area contributed by atoms with Crippen LogP contribution in [0.15, 0.2) is 24.3 Å². The molecule has 1 atom stereocenters. The quantitative estimate of drug-likeness (QED) is 0.143. The van der Waals surface area contributed by atoms with Crippen molar-refractivity contribution in [1.82, 2.24) is 26.2 Å². The summed E-state index contributed by atoms with van der Waals surface area (Å²) in [5, 5.41) is 18.5. The van der Waals surface area contributed by atoms with Crippen LogP contribution in [0, 0.1) is 0 Å². The molecule has 0 heterocycles. The van der Waals surface area contributed by atoms with Gasteiger partial charge in [-0.3, -0.25) is 14.4 Å². The van der Waals surface area contributed by atoms with E-state index in [1.165, 1.54) is 17.0 Å². The minimum absolute atomic E-state index is 0.0389. The van der Waals surface area contributed by atoms with E-state index in [0.717, 1.165) is 12.1 Å². The predicted molar refractivity (Wildman–Crippen MR) is 182 cm³/mol. The molecule has 0 bridgehead atoms. The summed E-state index contributed by atoms with van der Waals surface area (Å²) in [4.78, 5) is 75.5. The number of amides is 5. The number of alkyl carbamates (subject to hydrolysis) is 3. The van der Waals surface area contributed by atoms with Gasteiger partial charge in [-0.05, 0) is 92.3 Å². The van der Waals surface area contributed by atoms with Crippen LogP contribution in [-0.2, 0) is 41.2 Å². The van der Waals surface area contributed by atoms with Crippen LogP contribution in [0.5, 0.6) is 0 Å². The molecule has 0 aliphatic rings. The molecule has 52 heavy (non-hydrogen) atoms. The average molecular weight is 748 g/mol. The van der Waals surface area contributed by atoms with E-state index in [4.69, 9.17) is 19.3 Å². The van der Waals surface area contributed by atoms with Gasteiger partial charge >= 0.3 is 30.4 Å². The number of carboxylic acids is 1. The van der Waals surface area contributed by atoms with Gasteiger partial charge in [-0.1, -0.05) is 12.1 Å². The van der Waals surface area contributed by atoms with Crippen molar-refractivity contribution in [2.24, 2.45) is 0 Å². The number of aliphatic carboxylic acids is 1. The number of hydrogen-bond donors (Lipinski definition) is 5. The van der Waals surface area contributed by atoms with E-state index in [9.17, 15) is 41.9 Å². The third-order valence-corrected chi connectivity index (χ3v) is 6.79. The van der Waals surface area contributed by atoms with Crippen LogP contribution in [0.25, 0.3) is 0 Å². The van der Waals surface area contributed by atoms with E-state index >= 15 is 0 Å². The van der Waals surface area contributed by atoms with Gasteiger partial charge < -0.3 is 45.5 Å². The molecule has 18 heteroatoms. The summed E-state index contributed by atoms with van der Waals surface area (Å²) in [6.45, 7) is 12.2. The molecule has 0 aliphatic carbocycles. The van der Waals surface area contributed by atoms with Gasteiger partial charge in [0.05, 0.1) is 5.56 Å². The average Bonchev–Trinajstić information content (AvgIpc) is 2.97. The maximum Gasteiger partial charge on any atom is 0.416 e. The van der Waals surface area contributed by atoms with E-state index in [-0.39, 0.29) is 39.0 Å². The van der Waals surface area contributed by atoms with Crippen molar-refractivity contribution in [2.75, 3.05) is 32.7 Å². The predicted octanol–water partition coefficient (Wildman–Crippen LogP) is 4.37. The molecule has 0 spiro atoms. The highest BCUT2D eigenvalue weighted by molar-refractivity contribution is 5.88. The molecule has 1 rings (SSSR count). The number of alkyl halides is 3. The highest BCUT2D eigenvalue weighted by Gasteiger charge is 2.31. The first kappa shape index (κ1) is 45.3. The smallest absolute Gasteiger partial charge is 0.416 e. The maximum atomic E-state index is 13.4. The van der Waals surface area contributed by atoms with Gasteiger partial charge in [0.25, 0.3) is 0 Å². The van der Waals surface area contributed by atoms with Crippen LogP contribution >= 0.6 is 0 Å². The zero-order valence-electron chi connectivity index (χ0n) is 31.0. The summed E-state index contributed by atoms with van der Waals surface area (Å²) in [5.74, 6) is -2.71. The molecular formula is C34H52F3N5O10. The monoisotopic (exact) mass is 747 g/mol. The first-order chi connectivity index (χ1) is 23.8. The fourth-order valence-electron chi connectivity index (χ4n) is 4.34. The van der Waals surface area contributed by atoms with Gasteiger partial charge in [0, 0.05) is 32.6 Å². The van der Waals surface area contributed by atoms with E-state index in [0.29, 0.717) is 18.4 Å². The SMILES string of the molecule is CC(C)(C)OC(=O)NCCN(CCNC(=O)OC(C)(C)CCc1ccc(C(F)(F)F)cc1)C(=O)CCC(NC(=O)OC(C)(C)C)C(=O)NCC(=O)O. The van der Waals surface area contributed by atoms with Crippen LogP contribution in [0.1, 0.15) is 85.8 Å². The molecule has 0 saturated heterocycles. The third-order valence-electron chi connectivity index (χ3n) is 6.79. The topological polar surface area (TPSA) is 202 Å². The number of carbonyl (C=O) groups is 6. The number of hydrogen-bond acceptors (Lipinski definition) is 9. The van der Waals surface area contributed by atoms with Crippen LogP contribution in [0.3, 0.4) is 0 Å². The van der Waals surface area contributed by atoms with Crippen molar-refractivity contribution >= 4 is 36.1 Å². The molecular weight excluding hydrogens is 695 g/mol. The molecule has 0 fully saturated rings. The number of carboxylic acid groups (broad SMARTS) is 1. The molecule has 0 aliphatic heterocycles. The van der Waals surface area contributed by atoms with Crippen molar-refractivity contribution in [3.05, 3.63) is 35.4 Å². The Labute approximate surface area is 301 Å². The number of nitrogens with one attached hydrogen (secondary N) is 4. The van der Waals surface area contributed by atoms with Gasteiger partial charge in [-0.25, -0.2) is 14.4 Å². The highest BCUT2D eigenvalue weighted by Crippen LogP contribution is 2.29. The first-order valence-corrected chi connectivity index (χ1v) is 16.6. The van der Waals surface area contributed by atoms with Crippen molar-refractivity contribution in [1.29, 1.82) is 0 Å². The minimum Gasteiger partial charge on any atom is -0.480 e. The first-order valence-electron chi connectivity index (χ1n) is 16.6. The van der Waals surface area contributed by atoms with Crippen LogP contribution in [0.2, 0.25) is 0 Å². The molecule has 1 unspecified atom stereocenters. The Morgan fingerprint density at radius 2 is 1.25 bits per heavy atom. The lowest BCUT2D eigenvalue weighted by molar-refractivity contribution is -0.138. The Morgan fingerprint density at radius 1 is 0.750 bits per heavy atom. The molecule has 1 aromatic carbocycles. The highest BCUT2D eigenvalue weighted by atomic mass is 19.4. The number of carbonyl (C=O) groups excluding carboxylic acids is 5. The summed E-state index contributed by atoms with van der Waals surface area (Å²) < 4.78 is 54.5. The molecule has 294 valence electrons. The largest absolute Gasteiger partial charge is 0.480 e. The van der Waals surface area contributed by atoms with E-state index < -0.39 is 77.2 Å². The number of aryl methyl sites for hydroxylation is 1. The summed E-state index contributed by atoms with van der Waals surface area (Å²) in [6.07, 6.45) is -6.87. The zero-order valence-corrected chi connectivity index (χ0v) is 31.0. The third kappa shape index (κ3) is 20.2. The normalized spacial score (nSPS) is 12.5. The van der Waals surface area contributed by atoms with Gasteiger partial charge in [-0.15, -0.1) is 0 Å². The van der Waals surface area contributed by atoms with E-state index in [1.54, 1.807) is 55.4 Å². The number of halogens is 3. The van der Waals surface area contributed by atoms with Gasteiger partial charge in [0.1, 0.15) is 29.4 Å². The lowest BCUT2D eigenvalue weighted by Crippen LogP contribution is -2.50. The number of nitrogens with zero attached hydrogens (tertiary/aromatic N) is 1. The molecule has 1 aromatic rings. The van der Waals surface area contributed by atoms with Gasteiger partial charge in [-0.2, -0.15) is 13.2 Å². The Morgan fingerprint density at radius 3 is 1.73 bits per heavy atom. The lowest BCUT2D eigenvalue weighted by atomic mass is 9.98. The number of benzene rings is 1. The van der Waals surface area contributed by atoms with Crippen molar-refractivity contribution in [3.63, 3.8) is 0 Å². The fraction of sp³-hybridized carbons (Fsp3) is 0.647. The minimum atomic E-state index is -4.45. The molecule has 5 N–H and O–H groups in total. The lowest BCUT2D eigenvalue weighted by Gasteiger charge is -2.27. The van der Waals surface area contributed by atoms with Crippen LogP contribution in [0.4, 0.5) is 27.6 Å². The summed E-state index contributed by atoms with van der Waals surface area (Å²) >= 11 is 0. The zero-order chi connectivity index (χ0) is 39.9. The Bertz CT molecular complexity index is 1370. The van der Waals surface area contributed by atoms with Crippen molar-refractivity contribution in [2.45, 2.75) is 110 Å². The van der Waals surface area contributed by atoms with Gasteiger partial charge in [0.15, 0.2) is 0 Å². The van der Waals surface area contributed by atoms with E-state index in [2.05, 4.69) is 21.3 Å². The maximum absolute atomic E-state index is 13.4.